The minimum Gasteiger partial charge on any atom is -0.512 e. The topological polar surface area (TPSA) is 60.7 Å². The Balaban J connectivity index is 2.67. The Hall–Kier alpha value is -0.960. The van der Waals surface area contributed by atoms with Crippen molar-refractivity contribution in [3.05, 3.63) is 23.7 Å². The summed E-state index contributed by atoms with van der Waals surface area (Å²) in [6.45, 7) is 1.86. The number of hydrogen-bond donors (Lipinski definition) is 3. The van der Waals surface area contributed by atoms with Gasteiger partial charge in [-0.3, -0.25) is 0 Å². The van der Waals surface area contributed by atoms with E-state index in [1.807, 2.05) is 6.92 Å². The van der Waals surface area contributed by atoms with Crippen LogP contribution in [-0.4, -0.2) is 21.4 Å². The van der Waals surface area contributed by atoms with Gasteiger partial charge in [0, 0.05) is 12.0 Å². The highest BCUT2D eigenvalue weighted by Crippen LogP contribution is 2.25. The van der Waals surface area contributed by atoms with Gasteiger partial charge in [-0.15, -0.1) is 0 Å². The summed E-state index contributed by atoms with van der Waals surface area (Å²) in [7, 11) is 0. The Labute approximate surface area is 71.7 Å². The predicted molar refractivity (Wildman–Crippen MR) is 45.8 cm³/mol. The maximum Gasteiger partial charge on any atom is 0.114 e. The summed E-state index contributed by atoms with van der Waals surface area (Å²) < 4.78 is 0. The molecule has 1 rings (SSSR count). The smallest absolute Gasteiger partial charge is 0.114 e. The van der Waals surface area contributed by atoms with E-state index in [0.717, 1.165) is 0 Å². The van der Waals surface area contributed by atoms with Gasteiger partial charge in [0.2, 0.25) is 0 Å². The molecule has 0 fully saturated rings. The van der Waals surface area contributed by atoms with Crippen molar-refractivity contribution < 1.29 is 15.3 Å². The first kappa shape index (κ1) is 9.13. The van der Waals surface area contributed by atoms with Crippen molar-refractivity contribution in [3.8, 4) is 0 Å². The van der Waals surface area contributed by atoms with Crippen molar-refractivity contribution in [2.24, 2.45) is 5.92 Å². The fourth-order valence-electron chi connectivity index (χ4n) is 1.32. The molecule has 2 atom stereocenters. The molecule has 0 heterocycles. The van der Waals surface area contributed by atoms with E-state index in [1.165, 1.54) is 6.08 Å². The monoisotopic (exact) mass is 170 g/mol. The maximum absolute atomic E-state index is 9.43. The summed E-state index contributed by atoms with van der Waals surface area (Å²) in [4.78, 5) is 0. The van der Waals surface area contributed by atoms with Crippen LogP contribution >= 0.6 is 0 Å². The van der Waals surface area contributed by atoms with Gasteiger partial charge in [-0.1, -0.05) is 6.92 Å². The quantitative estimate of drug-likeness (QED) is 0.590. The van der Waals surface area contributed by atoms with Gasteiger partial charge in [-0.2, -0.15) is 0 Å². The van der Waals surface area contributed by atoms with E-state index in [9.17, 15) is 10.2 Å². The molecule has 0 saturated carbocycles. The van der Waals surface area contributed by atoms with Gasteiger partial charge < -0.3 is 15.3 Å². The first-order chi connectivity index (χ1) is 5.65. The molecule has 0 bridgehead atoms. The molecular formula is C9H14O3. The molecule has 3 heteroatoms. The second kappa shape index (κ2) is 3.63. The average Bonchev–Trinajstić information content (AvgIpc) is 2.03. The summed E-state index contributed by atoms with van der Waals surface area (Å²) in [6, 6.07) is 0. The predicted octanol–water partition coefficient (Wildman–Crippen LogP) is 1.66. The molecule has 1 aliphatic rings. The van der Waals surface area contributed by atoms with Crippen molar-refractivity contribution in [3.63, 3.8) is 0 Å². The molecule has 3 N–H and O–H groups in total. The van der Waals surface area contributed by atoms with Crippen LogP contribution in [0.5, 0.6) is 0 Å². The number of allylic oxidation sites excluding steroid dienone is 2. The third-order valence-corrected chi connectivity index (χ3v) is 2.14. The summed E-state index contributed by atoms with van der Waals surface area (Å²) in [6.07, 6.45) is 3.47. The zero-order valence-electron chi connectivity index (χ0n) is 7.07. The number of aliphatic hydroxyl groups is 3. The fraction of sp³-hybridized carbons (Fsp3) is 0.556. The van der Waals surface area contributed by atoms with Crippen molar-refractivity contribution >= 4 is 0 Å². The summed E-state index contributed by atoms with van der Waals surface area (Å²) in [5.41, 5.74) is 0. The van der Waals surface area contributed by atoms with Gasteiger partial charge in [0.15, 0.2) is 0 Å². The highest BCUT2D eigenvalue weighted by Gasteiger charge is 2.23. The van der Waals surface area contributed by atoms with E-state index in [2.05, 4.69) is 0 Å². The van der Waals surface area contributed by atoms with E-state index < -0.39 is 6.10 Å². The molecule has 0 aliphatic heterocycles. The van der Waals surface area contributed by atoms with Crippen LogP contribution in [-0.2, 0) is 0 Å². The van der Waals surface area contributed by atoms with Crippen LogP contribution in [0.3, 0.4) is 0 Å². The zero-order valence-corrected chi connectivity index (χ0v) is 7.07. The molecule has 1 aliphatic carbocycles. The fourth-order valence-corrected chi connectivity index (χ4v) is 1.32. The molecule has 0 amide bonds. The first-order valence-corrected chi connectivity index (χ1v) is 4.13. The SMILES string of the molecule is CCC(O)C1CC=C(O)C=C1O. The van der Waals surface area contributed by atoms with E-state index in [1.54, 1.807) is 6.08 Å². The van der Waals surface area contributed by atoms with Crippen LogP contribution in [0.4, 0.5) is 0 Å². The standard InChI is InChI=1S/C9H14O3/c1-2-8(11)7-4-3-6(10)5-9(7)12/h3,5,7-8,10-12H,2,4H2,1H3. The van der Waals surface area contributed by atoms with E-state index in [4.69, 9.17) is 5.11 Å². The summed E-state index contributed by atoms with van der Waals surface area (Å²) in [5.74, 6) is -0.0951. The van der Waals surface area contributed by atoms with Gasteiger partial charge in [-0.25, -0.2) is 0 Å². The highest BCUT2D eigenvalue weighted by molar-refractivity contribution is 5.21. The Morgan fingerprint density at radius 1 is 1.58 bits per heavy atom. The van der Waals surface area contributed by atoms with Gasteiger partial charge in [-0.05, 0) is 18.9 Å². The molecule has 0 aromatic rings. The second-order valence-electron chi connectivity index (χ2n) is 3.02. The Kier molecular flexibility index (Phi) is 2.76. The molecule has 2 unspecified atom stereocenters. The lowest BCUT2D eigenvalue weighted by atomic mass is 9.91. The summed E-state index contributed by atoms with van der Waals surface area (Å²) in [5, 5.41) is 27.8. The van der Waals surface area contributed by atoms with Crippen LogP contribution in [0.1, 0.15) is 19.8 Å². The van der Waals surface area contributed by atoms with Crippen molar-refractivity contribution in [1.29, 1.82) is 0 Å². The van der Waals surface area contributed by atoms with E-state index >= 15 is 0 Å². The molecule has 12 heavy (non-hydrogen) atoms. The number of hydrogen-bond acceptors (Lipinski definition) is 3. The van der Waals surface area contributed by atoms with Gasteiger partial charge in [0.05, 0.1) is 6.10 Å². The largest absolute Gasteiger partial charge is 0.512 e. The van der Waals surface area contributed by atoms with Crippen LogP contribution < -0.4 is 0 Å². The average molecular weight is 170 g/mol. The van der Waals surface area contributed by atoms with Crippen molar-refractivity contribution in [1.82, 2.24) is 0 Å². The Bertz CT molecular complexity index is 218. The van der Waals surface area contributed by atoms with Crippen LogP contribution in [0.25, 0.3) is 0 Å². The lowest BCUT2D eigenvalue weighted by molar-refractivity contribution is 0.0961. The van der Waals surface area contributed by atoms with Crippen LogP contribution in [0.2, 0.25) is 0 Å². The molecule has 0 aromatic carbocycles. The maximum atomic E-state index is 9.43. The molecule has 0 spiro atoms. The molecule has 0 radical (unpaired) electrons. The minimum atomic E-state index is -0.523. The summed E-state index contributed by atoms with van der Waals surface area (Å²) >= 11 is 0. The molecule has 3 nitrogen and oxygen atoms in total. The lowest BCUT2D eigenvalue weighted by Crippen LogP contribution is -2.22. The van der Waals surface area contributed by atoms with E-state index in [-0.39, 0.29) is 17.4 Å². The highest BCUT2D eigenvalue weighted by atomic mass is 16.3. The van der Waals surface area contributed by atoms with E-state index in [0.29, 0.717) is 12.8 Å². The molecule has 0 aromatic heterocycles. The third-order valence-electron chi connectivity index (χ3n) is 2.14. The van der Waals surface area contributed by atoms with Gasteiger partial charge in [0.25, 0.3) is 0 Å². The van der Waals surface area contributed by atoms with Crippen LogP contribution in [0.15, 0.2) is 23.7 Å². The minimum absolute atomic E-state index is 0.0735. The van der Waals surface area contributed by atoms with Crippen molar-refractivity contribution in [2.45, 2.75) is 25.9 Å². The first-order valence-electron chi connectivity index (χ1n) is 4.13. The number of rotatable bonds is 2. The van der Waals surface area contributed by atoms with Gasteiger partial charge in [0.1, 0.15) is 11.5 Å². The zero-order chi connectivity index (χ0) is 9.14. The van der Waals surface area contributed by atoms with Gasteiger partial charge >= 0.3 is 0 Å². The molecule has 68 valence electrons. The molecule has 0 saturated heterocycles. The normalized spacial score (nSPS) is 26.0. The van der Waals surface area contributed by atoms with Crippen LogP contribution in [0, 0.1) is 5.92 Å². The van der Waals surface area contributed by atoms with Crippen molar-refractivity contribution in [2.75, 3.05) is 0 Å². The molecular weight excluding hydrogens is 156 g/mol. The Morgan fingerprint density at radius 3 is 2.75 bits per heavy atom. The lowest BCUT2D eigenvalue weighted by Gasteiger charge is -2.22. The third kappa shape index (κ3) is 1.80. The number of aliphatic hydroxyl groups excluding tert-OH is 3. The second-order valence-corrected chi connectivity index (χ2v) is 3.02. The Morgan fingerprint density at radius 2 is 2.25 bits per heavy atom.